The number of benzene rings is 1. The fraction of sp³-hybridized carbons (Fsp3) is 0.500. The van der Waals surface area contributed by atoms with Crippen molar-refractivity contribution >= 4 is 17.5 Å². The first kappa shape index (κ1) is 15.9. The highest BCUT2D eigenvalue weighted by Gasteiger charge is 2.40. The Morgan fingerprint density at radius 1 is 1.30 bits per heavy atom. The Labute approximate surface area is 140 Å². The van der Waals surface area contributed by atoms with Crippen LogP contribution >= 0.6 is 11.6 Å². The second-order valence-corrected chi connectivity index (χ2v) is 6.58. The number of halogens is 1. The normalized spacial score (nSPS) is 17.0. The Bertz CT molecular complexity index is 721. The van der Waals surface area contributed by atoms with Gasteiger partial charge < -0.3 is 5.32 Å². The fourth-order valence-corrected chi connectivity index (χ4v) is 3.44. The third kappa shape index (κ3) is 3.08. The molecule has 0 radical (unpaired) electrons. The number of hydrogen-bond acceptors (Lipinski definition) is 4. The summed E-state index contributed by atoms with van der Waals surface area (Å²) >= 11 is 6.24. The predicted molar refractivity (Wildman–Crippen MR) is 87.5 cm³/mol. The van der Waals surface area contributed by atoms with Crippen LogP contribution in [-0.4, -0.2) is 26.1 Å². The van der Waals surface area contributed by atoms with Gasteiger partial charge in [-0.1, -0.05) is 36.9 Å². The van der Waals surface area contributed by atoms with Gasteiger partial charge in [-0.25, -0.2) is 0 Å². The second kappa shape index (κ2) is 6.28. The number of tetrazole rings is 1. The van der Waals surface area contributed by atoms with Gasteiger partial charge in [0.2, 0.25) is 5.91 Å². The third-order valence-electron chi connectivity index (χ3n) is 4.42. The fourth-order valence-electron chi connectivity index (χ4n) is 3.27. The van der Waals surface area contributed by atoms with Crippen LogP contribution in [-0.2, 0) is 10.3 Å². The minimum Gasteiger partial charge on any atom is -0.344 e. The number of carbonyl (C=O) groups excluding carboxylic acids is 1. The van der Waals surface area contributed by atoms with Crippen molar-refractivity contribution in [3.8, 4) is 5.69 Å². The minimum atomic E-state index is -0.509. The molecule has 1 heterocycles. The Kier molecular flexibility index (Phi) is 4.35. The maximum atomic E-state index is 11.7. The average molecular weight is 334 g/mol. The van der Waals surface area contributed by atoms with Gasteiger partial charge in [0.1, 0.15) is 5.54 Å². The largest absolute Gasteiger partial charge is 0.344 e. The van der Waals surface area contributed by atoms with Crippen molar-refractivity contribution in [1.29, 1.82) is 0 Å². The molecule has 23 heavy (non-hydrogen) atoms. The van der Waals surface area contributed by atoms with Crippen molar-refractivity contribution in [2.45, 2.75) is 51.5 Å². The zero-order chi connectivity index (χ0) is 16.4. The van der Waals surface area contributed by atoms with Crippen molar-refractivity contribution in [2.24, 2.45) is 0 Å². The molecule has 1 aliphatic carbocycles. The lowest BCUT2D eigenvalue weighted by Gasteiger charge is -2.36. The molecule has 3 rings (SSSR count). The lowest BCUT2D eigenvalue weighted by molar-refractivity contribution is -0.121. The molecule has 0 spiro atoms. The van der Waals surface area contributed by atoms with E-state index in [-0.39, 0.29) is 5.91 Å². The molecule has 0 aliphatic heterocycles. The van der Waals surface area contributed by atoms with Gasteiger partial charge in [0.15, 0.2) is 5.82 Å². The molecular weight excluding hydrogens is 314 g/mol. The first-order valence-corrected chi connectivity index (χ1v) is 8.24. The summed E-state index contributed by atoms with van der Waals surface area (Å²) in [4.78, 5) is 11.7. The topological polar surface area (TPSA) is 72.7 Å². The maximum Gasteiger partial charge on any atom is 0.217 e. The molecule has 1 N–H and O–H groups in total. The SMILES string of the molecule is CC(=O)NC1(c2nnnn2-c2ccc(C)c(Cl)c2)CCCCC1. The standard InChI is InChI=1S/C16H20ClN5O/c1-11-6-7-13(10-14(11)17)22-15(19-20-21-22)16(18-12(2)23)8-4-3-5-9-16/h6-7,10H,3-5,8-9H2,1-2H3,(H,18,23). The summed E-state index contributed by atoms with van der Waals surface area (Å²) in [6.07, 6.45) is 4.93. The number of aromatic nitrogens is 4. The highest BCUT2D eigenvalue weighted by molar-refractivity contribution is 6.31. The zero-order valence-corrected chi connectivity index (χ0v) is 14.1. The van der Waals surface area contributed by atoms with Crippen molar-refractivity contribution in [3.63, 3.8) is 0 Å². The highest BCUT2D eigenvalue weighted by Crippen LogP contribution is 2.36. The van der Waals surface area contributed by atoms with Gasteiger partial charge >= 0.3 is 0 Å². The van der Waals surface area contributed by atoms with Crippen molar-refractivity contribution < 1.29 is 4.79 Å². The molecule has 122 valence electrons. The lowest BCUT2D eigenvalue weighted by Crippen LogP contribution is -2.48. The van der Waals surface area contributed by atoms with E-state index in [9.17, 15) is 4.79 Å². The molecule has 0 atom stereocenters. The van der Waals surface area contributed by atoms with E-state index in [0.29, 0.717) is 10.8 Å². The summed E-state index contributed by atoms with van der Waals surface area (Å²) in [6, 6.07) is 5.72. The number of nitrogens with zero attached hydrogens (tertiary/aromatic N) is 4. The third-order valence-corrected chi connectivity index (χ3v) is 4.83. The molecule has 1 fully saturated rings. The number of aryl methyl sites for hydroxylation is 1. The van der Waals surface area contributed by atoms with E-state index in [4.69, 9.17) is 11.6 Å². The summed E-state index contributed by atoms with van der Waals surface area (Å²) in [7, 11) is 0. The molecule has 1 saturated carbocycles. The Balaban J connectivity index is 2.06. The molecule has 0 saturated heterocycles. The van der Waals surface area contributed by atoms with E-state index in [0.717, 1.165) is 36.9 Å². The van der Waals surface area contributed by atoms with Crippen LogP contribution in [0.2, 0.25) is 5.02 Å². The number of amides is 1. The van der Waals surface area contributed by atoms with E-state index in [1.807, 2.05) is 25.1 Å². The van der Waals surface area contributed by atoms with Crippen LogP contribution < -0.4 is 5.32 Å². The monoisotopic (exact) mass is 333 g/mol. The Hall–Kier alpha value is -1.95. The highest BCUT2D eigenvalue weighted by atomic mass is 35.5. The lowest BCUT2D eigenvalue weighted by atomic mass is 9.80. The molecule has 1 aromatic heterocycles. The molecule has 1 aliphatic rings. The smallest absolute Gasteiger partial charge is 0.217 e. The van der Waals surface area contributed by atoms with Gasteiger partial charge in [-0.15, -0.1) is 5.10 Å². The first-order valence-electron chi connectivity index (χ1n) is 7.86. The summed E-state index contributed by atoms with van der Waals surface area (Å²) in [5.74, 6) is 0.607. The van der Waals surface area contributed by atoms with Crippen LogP contribution in [0.25, 0.3) is 5.69 Å². The van der Waals surface area contributed by atoms with Gasteiger partial charge in [-0.2, -0.15) is 4.68 Å². The van der Waals surface area contributed by atoms with Crippen LogP contribution in [0.5, 0.6) is 0 Å². The molecule has 7 heteroatoms. The van der Waals surface area contributed by atoms with Gasteiger partial charge in [0, 0.05) is 11.9 Å². The van der Waals surface area contributed by atoms with Gasteiger partial charge in [-0.3, -0.25) is 4.79 Å². The van der Waals surface area contributed by atoms with E-state index >= 15 is 0 Å². The van der Waals surface area contributed by atoms with E-state index in [1.54, 1.807) is 4.68 Å². The van der Waals surface area contributed by atoms with Crippen LogP contribution in [0.3, 0.4) is 0 Å². The number of hydrogen-bond donors (Lipinski definition) is 1. The van der Waals surface area contributed by atoms with Crippen molar-refractivity contribution in [3.05, 3.63) is 34.6 Å². The number of carbonyl (C=O) groups is 1. The van der Waals surface area contributed by atoms with Gasteiger partial charge in [0.25, 0.3) is 0 Å². The molecule has 2 aromatic rings. The minimum absolute atomic E-state index is 0.0663. The van der Waals surface area contributed by atoms with Crippen molar-refractivity contribution in [2.75, 3.05) is 0 Å². The average Bonchev–Trinajstić information content (AvgIpc) is 3.00. The van der Waals surface area contributed by atoms with Crippen LogP contribution in [0.15, 0.2) is 18.2 Å². The summed E-state index contributed by atoms with van der Waals surface area (Å²) < 4.78 is 1.69. The Morgan fingerprint density at radius 3 is 2.70 bits per heavy atom. The van der Waals surface area contributed by atoms with Crippen LogP contribution in [0, 0.1) is 6.92 Å². The molecule has 0 bridgehead atoms. The maximum absolute atomic E-state index is 11.7. The second-order valence-electron chi connectivity index (χ2n) is 6.17. The van der Waals surface area contributed by atoms with Gasteiger partial charge in [-0.05, 0) is 47.9 Å². The van der Waals surface area contributed by atoms with Crippen LogP contribution in [0.4, 0.5) is 0 Å². The molecule has 1 amide bonds. The summed E-state index contributed by atoms with van der Waals surface area (Å²) in [6.45, 7) is 3.49. The zero-order valence-electron chi connectivity index (χ0n) is 13.3. The van der Waals surface area contributed by atoms with E-state index < -0.39 is 5.54 Å². The molecule has 1 aromatic carbocycles. The van der Waals surface area contributed by atoms with Crippen molar-refractivity contribution in [1.82, 2.24) is 25.5 Å². The molecule has 6 nitrogen and oxygen atoms in total. The molecule has 0 unspecified atom stereocenters. The first-order chi connectivity index (χ1) is 11.0. The number of rotatable bonds is 3. The summed E-state index contributed by atoms with van der Waals surface area (Å²) in [5.41, 5.74) is 1.29. The van der Waals surface area contributed by atoms with Crippen LogP contribution in [0.1, 0.15) is 50.4 Å². The number of nitrogens with one attached hydrogen (secondary N) is 1. The predicted octanol–water partition coefficient (Wildman–Crippen LogP) is 2.92. The quantitative estimate of drug-likeness (QED) is 0.937. The Morgan fingerprint density at radius 2 is 2.04 bits per heavy atom. The summed E-state index contributed by atoms with van der Waals surface area (Å²) in [5, 5.41) is 16.0. The van der Waals surface area contributed by atoms with E-state index in [2.05, 4.69) is 20.8 Å². The van der Waals surface area contributed by atoms with E-state index in [1.165, 1.54) is 13.3 Å². The molecular formula is C16H20ClN5O. The van der Waals surface area contributed by atoms with Gasteiger partial charge in [0.05, 0.1) is 5.69 Å².